The summed E-state index contributed by atoms with van der Waals surface area (Å²) in [5.74, 6) is -0.687. The number of amides is 2. The van der Waals surface area contributed by atoms with E-state index < -0.39 is 29.6 Å². The van der Waals surface area contributed by atoms with Crippen LogP contribution < -0.4 is 10.7 Å². The fraction of sp³-hybridized carbons (Fsp3) is 0.568. The maximum absolute atomic E-state index is 14.6. The monoisotopic (exact) mass is 798 g/mol. The summed E-state index contributed by atoms with van der Waals surface area (Å²) in [7, 11) is 1.70. The SMILES string of the molecule is CCCCO[C@@H]1c2nc(cs2)-c2ccc3c(c2)c(c(-c2cccnc2[C@H](C)OC)n3CC)CC(C)(C)COC(=O)[C@@H]2CCCN(N2)C(=O)[C@H]1NC(=O)C1[C@@H](C)[C@H]1C. The molecule has 2 aliphatic heterocycles. The number of hydrogen-bond donors (Lipinski definition) is 2. The summed E-state index contributed by atoms with van der Waals surface area (Å²) >= 11 is 1.43. The molecule has 1 saturated heterocycles. The van der Waals surface area contributed by atoms with Gasteiger partial charge in [0.05, 0.1) is 29.8 Å². The molecule has 0 spiro atoms. The van der Waals surface area contributed by atoms with Crippen molar-refractivity contribution in [2.75, 3.05) is 26.9 Å². The van der Waals surface area contributed by atoms with Crippen LogP contribution in [0.5, 0.6) is 0 Å². The summed E-state index contributed by atoms with van der Waals surface area (Å²) in [6.45, 7) is 16.3. The van der Waals surface area contributed by atoms with Gasteiger partial charge in [0.2, 0.25) is 5.91 Å². The lowest BCUT2D eigenvalue weighted by Gasteiger charge is -2.37. The van der Waals surface area contributed by atoms with Crippen LogP contribution in [-0.2, 0) is 41.6 Å². The second-order valence-electron chi connectivity index (χ2n) is 16.8. The van der Waals surface area contributed by atoms with Crippen LogP contribution in [0, 0.1) is 23.2 Å². The first-order chi connectivity index (χ1) is 27.4. The molecule has 57 heavy (non-hydrogen) atoms. The lowest BCUT2D eigenvalue weighted by molar-refractivity contribution is -0.157. The van der Waals surface area contributed by atoms with Gasteiger partial charge in [-0.2, -0.15) is 0 Å². The Morgan fingerprint density at radius 1 is 1.18 bits per heavy atom. The Kier molecular flexibility index (Phi) is 12.2. The second-order valence-corrected chi connectivity index (χ2v) is 17.7. The Hall–Kier alpha value is -4.17. The number of methoxy groups -OCH3 is 1. The Labute approximate surface area is 340 Å². The molecule has 7 atom stereocenters. The van der Waals surface area contributed by atoms with E-state index in [0.717, 1.165) is 64.1 Å². The molecule has 6 bridgehead atoms. The number of hydrogen-bond acceptors (Lipinski definition) is 10. The average Bonchev–Trinajstić information content (AvgIpc) is 3.50. The molecule has 13 heteroatoms. The number of aromatic nitrogens is 3. The number of rotatable bonds is 10. The van der Waals surface area contributed by atoms with Gasteiger partial charge < -0.3 is 24.1 Å². The predicted octanol–water partition coefficient (Wildman–Crippen LogP) is 7.42. The number of thiazole rings is 1. The zero-order valence-corrected chi connectivity index (χ0v) is 35.4. The Bertz CT molecular complexity index is 2100. The molecule has 0 radical (unpaired) electrons. The molecule has 4 aromatic rings. The van der Waals surface area contributed by atoms with Crippen molar-refractivity contribution in [2.45, 2.75) is 111 Å². The first-order valence-electron chi connectivity index (χ1n) is 20.6. The number of ether oxygens (including phenoxy) is 3. The van der Waals surface area contributed by atoms with Gasteiger partial charge >= 0.3 is 5.97 Å². The molecule has 306 valence electrons. The number of benzene rings is 1. The van der Waals surface area contributed by atoms with Crippen LogP contribution in [0.2, 0.25) is 0 Å². The summed E-state index contributed by atoms with van der Waals surface area (Å²) in [5.41, 5.74) is 9.53. The third-order valence-electron chi connectivity index (χ3n) is 12.2. The molecule has 1 aromatic carbocycles. The summed E-state index contributed by atoms with van der Waals surface area (Å²) in [5, 5.41) is 8.29. The lowest BCUT2D eigenvalue weighted by atomic mass is 9.84. The van der Waals surface area contributed by atoms with Crippen molar-refractivity contribution >= 4 is 40.0 Å². The van der Waals surface area contributed by atoms with E-state index >= 15 is 0 Å². The number of nitrogens with zero attached hydrogens (tertiary/aromatic N) is 4. The first kappa shape index (κ1) is 41.0. The highest BCUT2D eigenvalue weighted by molar-refractivity contribution is 7.10. The number of pyridine rings is 1. The van der Waals surface area contributed by atoms with Crippen molar-refractivity contribution in [2.24, 2.45) is 23.2 Å². The van der Waals surface area contributed by atoms with Gasteiger partial charge in [0.1, 0.15) is 23.2 Å². The minimum Gasteiger partial charge on any atom is -0.464 e. The smallest absolute Gasteiger partial charge is 0.324 e. The highest BCUT2D eigenvalue weighted by atomic mass is 32.1. The van der Waals surface area contributed by atoms with E-state index in [1.807, 2.05) is 18.4 Å². The van der Waals surface area contributed by atoms with E-state index in [9.17, 15) is 14.4 Å². The van der Waals surface area contributed by atoms with Crippen molar-refractivity contribution in [3.05, 3.63) is 58.2 Å². The maximum atomic E-state index is 14.6. The standard InChI is InChI=1S/C44H58N6O6S/c1-9-11-20-55-39-37(47-40(51)35-25(3)26(35)4)42(52)50-19-13-15-32(48-50)43(53)56-24-44(6,7)22-31-30-21-28(33-23-57-41(39)46-33)16-17-34(30)49(10-2)38(31)29-14-12-18-45-36(29)27(5)54-8/h12,14,16-18,21,23,25-27,32,35,37,39,48H,9-11,13,15,19-20,22,24H2,1-8H3,(H,47,51)/t25-,26+,27-,32-,35?,37-,39-/m0/s1. The number of hydrazine groups is 1. The molecule has 12 nitrogen and oxygen atoms in total. The van der Waals surface area contributed by atoms with Gasteiger partial charge in [0, 0.05) is 71.7 Å². The second kappa shape index (κ2) is 17.0. The fourth-order valence-electron chi connectivity index (χ4n) is 8.50. The van der Waals surface area contributed by atoms with Crippen LogP contribution in [0.4, 0.5) is 0 Å². The molecule has 3 aliphatic rings. The molecule has 2 N–H and O–H groups in total. The van der Waals surface area contributed by atoms with Crippen molar-refractivity contribution in [1.29, 1.82) is 0 Å². The number of unbranched alkanes of at least 4 members (excludes halogenated alkanes) is 1. The lowest BCUT2D eigenvalue weighted by Crippen LogP contribution is -2.61. The van der Waals surface area contributed by atoms with E-state index in [2.05, 4.69) is 81.1 Å². The summed E-state index contributed by atoms with van der Waals surface area (Å²) < 4.78 is 20.8. The number of fused-ring (bicyclic) bond motifs is 6. The van der Waals surface area contributed by atoms with Crippen LogP contribution in [0.3, 0.4) is 0 Å². The topological polar surface area (TPSA) is 137 Å². The minimum atomic E-state index is -1.06. The van der Waals surface area contributed by atoms with Gasteiger partial charge in [-0.15, -0.1) is 11.3 Å². The van der Waals surface area contributed by atoms with Gasteiger partial charge in [-0.1, -0.05) is 47.1 Å². The van der Waals surface area contributed by atoms with Crippen molar-refractivity contribution < 1.29 is 28.6 Å². The van der Waals surface area contributed by atoms with E-state index in [0.29, 0.717) is 37.4 Å². The van der Waals surface area contributed by atoms with Crippen LogP contribution in [0.25, 0.3) is 33.4 Å². The first-order valence-corrected chi connectivity index (χ1v) is 21.5. The molecule has 1 saturated carbocycles. The number of carbonyl (C=O) groups excluding carboxylic acids is 3. The molecule has 2 amide bonds. The minimum absolute atomic E-state index is 0.169. The van der Waals surface area contributed by atoms with Crippen LogP contribution in [0.15, 0.2) is 41.9 Å². The largest absolute Gasteiger partial charge is 0.464 e. The van der Waals surface area contributed by atoms with Gasteiger partial charge in [0.25, 0.3) is 5.91 Å². The Morgan fingerprint density at radius 3 is 2.68 bits per heavy atom. The van der Waals surface area contributed by atoms with Gasteiger partial charge in [-0.3, -0.25) is 24.4 Å². The van der Waals surface area contributed by atoms with Crippen LogP contribution >= 0.6 is 11.3 Å². The summed E-state index contributed by atoms with van der Waals surface area (Å²) in [4.78, 5) is 52.2. The molecule has 1 aliphatic carbocycles. The van der Waals surface area contributed by atoms with E-state index in [-0.39, 0.29) is 42.3 Å². The zero-order chi connectivity index (χ0) is 40.6. The molecular formula is C44H58N6O6S. The molecule has 1 unspecified atom stereocenters. The zero-order valence-electron chi connectivity index (χ0n) is 34.6. The van der Waals surface area contributed by atoms with E-state index in [1.165, 1.54) is 16.3 Å². The summed E-state index contributed by atoms with van der Waals surface area (Å²) in [6.07, 6.45) is 4.13. The molecule has 2 fully saturated rings. The van der Waals surface area contributed by atoms with Crippen LogP contribution in [0.1, 0.15) is 103 Å². The number of nitrogens with one attached hydrogen (secondary N) is 2. The van der Waals surface area contributed by atoms with Gasteiger partial charge in [-0.05, 0) is 81.2 Å². The quantitative estimate of drug-likeness (QED) is 0.124. The van der Waals surface area contributed by atoms with E-state index in [4.69, 9.17) is 24.2 Å². The number of cyclic esters (lactones) is 1. The van der Waals surface area contributed by atoms with Crippen molar-refractivity contribution in [3.63, 3.8) is 0 Å². The Morgan fingerprint density at radius 2 is 1.96 bits per heavy atom. The number of esters is 1. The molecule has 3 aromatic heterocycles. The summed E-state index contributed by atoms with van der Waals surface area (Å²) in [6, 6.07) is 8.74. The van der Waals surface area contributed by atoms with E-state index in [1.54, 1.807) is 13.3 Å². The van der Waals surface area contributed by atoms with Crippen molar-refractivity contribution in [3.8, 4) is 22.5 Å². The predicted molar refractivity (Wildman–Crippen MR) is 221 cm³/mol. The van der Waals surface area contributed by atoms with Crippen molar-refractivity contribution in [1.82, 2.24) is 30.3 Å². The normalized spacial score (nSPS) is 25.5. The van der Waals surface area contributed by atoms with Gasteiger partial charge in [-0.25, -0.2) is 10.4 Å². The third-order valence-corrected chi connectivity index (χ3v) is 13.1. The third kappa shape index (κ3) is 8.26. The molecule has 5 heterocycles. The van der Waals surface area contributed by atoms with Gasteiger partial charge in [0.15, 0.2) is 0 Å². The highest BCUT2D eigenvalue weighted by Crippen LogP contribution is 2.46. The average molecular weight is 799 g/mol. The highest BCUT2D eigenvalue weighted by Gasteiger charge is 2.50. The number of aryl methyl sites for hydroxylation is 1. The molecular weight excluding hydrogens is 741 g/mol. The maximum Gasteiger partial charge on any atom is 0.324 e. The molecule has 7 rings (SSSR count). The number of carbonyl (C=O) groups is 3. The Balaban J connectivity index is 1.40. The fourth-order valence-corrected chi connectivity index (χ4v) is 9.41. The van der Waals surface area contributed by atoms with Crippen LogP contribution in [-0.4, -0.2) is 76.3 Å².